The first-order chi connectivity index (χ1) is 10.9. The molecule has 1 amide bonds. The molecule has 1 heterocycles. The molecule has 23 heavy (non-hydrogen) atoms. The first-order valence-corrected chi connectivity index (χ1v) is 9.40. The minimum Gasteiger partial charge on any atom is -0.341 e. The summed E-state index contributed by atoms with van der Waals surface area (Å²) in [5.74, 6) is 0.103. The van der Waals surface area contributed by atoms with Crippen LogP contribution in [0.1, 0.15) is 25.3 Å². The van der Waals surface area contributed by atoms with Gasteiger partial charge < -0.3 is 4.90 Å². The summed E-state index contributed by atoms with van der Waals surface area (Å²) < 4.78 is 25.4. The lowest BCUT2D eigenvalue weighted by atomic mass is 10.2. The van der Waals surface area contributed by atoms with E-state index in [2.05, 4.69) is 11.9 Å². The maximum absolute atomic E-state index is 12.7. The zero-order valence-corrected chi connectivity index (χ0v) is 14.5. The second kappa shape index (κ2) is 7.27. The first-order valence-electron chi connectivity index (χ1n) is 7.85. The molecule has 2 unspecified atom stereocenters. The Bertz CT molecular complexity index is 668. The van der Waals surface area contributed by atoms with Gasteiger partial charge in [-0.15, -0.1) is 6.58 Å². The number of carbonyl (C=O) groups excluding carboxylic acids is 1. The molecule has 0 spiro atoms. The lowest BCUT2D eigenvalue weighted by Crippen LogP contribution is -2.43. The summed E-state index contributed by atoms with van der Waals surface area (Å²) in [6.45, 7) is 8.61. The summed E-state index contributed by atoms with van der Waals surface area (Å²) in [6, 6.07) is 6.76. The van der Waals surface area contributed by atoms with E-state index in [1.165, 1.54) is 6.08 Å². The first kappa shape index (κ1) is 17.7. The highest BCUT2D eigenvalue weighted by molar-refractivity contribution is 7.92. The summed E-state index contributed by atoms with van der Waals surface area (Å²) in [5, 5.41) is 2.27. The molecule has 1 saturated heterocycles. The molecule has 0 radical (unpaired) electrons. The van der Waals surface area contributed by atoms with Crippen LogP contribution in [0, 0.1) is 6.92 Å². The third-order valence-corrected chi connectivity index (χ3v) is 6.07. The van der Waals surface area contributed by atoms with E-state index >= 15 is 0 Å². The van der Waals surface area contributed by atoms with Crippen molar-refractivity contribution in [2.75, 3.05) is 13.1 Å². The fourth-order valence-electron chi connectivity index (χ4n) is 2.74. The Labute approximate surface area is 138 Å². The molecule has 0 saturated carbocycles. The molecule has 126 valence electrons. The Hall–Kier alpha value is -1.66. The molecule has 1 fully saturated rings. The van der Waals surface area contributed by atoms with E-state index < -0.39 is 15.2 Å². The van der Waals surface area contributed by atoms with Gasteiger partial charge >= 0.3 is 0 Å². The molecule has 2 rings (SSSR count). The van der Waals surface area contributed by atoms with Crippen LogP contribution in [0.4, 0.5) is 0 Å². The average molecular weight is 336 g/mol. The van der Waals surface area contributed by atoms with Crippen molar-refractivity contribution in [3.8, 4) is 0 Å². The van der Waals surface area contributed by atoms with Crippen LogP contribution in [0.15, 0.2) is 41.8 Å². The third kappa shape index (κ3) is 4.00. The van der Waals surface area contributed by atoms with Crippen molar-refractivity contribution in [3.63, 3.8) is 0 Å². The Morgan fingerprint density at radius 2 is 2.09 bits per heavy atom. The number of hydrogen-bond acceptors (Lipinski definition) is 4. The highest BCUT2D eigenvalue weighted by Gasteiger charge is 2.31. The van der Waals surface area contributed by atoms with Crippen LogP contribution < -0.4 is 5.32 Å². The van der Waals surface area contributed by atoms with E-state index in [-0.39, 0.29) is 16.8 Å². The van der Waals surface area contributed by atoms with E-state index in [4.69, 9.17) is 0 Å². The van der Waals surface area contributed by atoms with Gasteiger partial charge in [0.1, 0.15) is 5.37 Å². The molecular weight excluding hydrogens is 312 g/mol. The van der Waals surface area contributed by atoms with E-state index in [0.717, 1.165) is 12.0 Å². The van der Waals surface area contributed by atoms with Crippen LogP contribution >= 0.6 is 0 Å². The van der Waals surface area contributed by atoms with Crippen LogP contribution in [0.25, 0.3) is 0 Å². The van der Waals surface area contributed by atoms with Crippen molar-refractivity contribution in [1.29, 1.82) is 0 Å². The summed E-state index contributed by atoms with van der Waals surface area (Å²) in [4.78, 5) is 13.8. The van der Waals surface area contributed by atoms with Gasteiger partial charge in [-0.3, -0.25) is 10.1 Å². The molecular formula is C17H24N2O3S. The van der Waals surface area contributed by atoms with Crippen LogP contribution in [0.2, 0.25) is 0 Å². The number of likely N-dealkylation sites (tertiary alicyclic amines) is 1. The molecule has 1 aliphatic rings. The minimum atomic E-state index is -3.53. The van der Waals surface area contributed by atoms with Gasteiger partial charge in [0.25, 0.3) is 0 Å². The monoisotopic (exact) mass is 336 g/mol. The predicted molar refractivity (Wildman–Crippen MR) is 90.8 cm³/mol. The SMILES string of the molecule is C=CC(NC1CCN(C(=O)CC)C1)S(=O)(=O)c1ccc(C)cc1. The van der Waals surface area contributed by atoms with Gasteiger partial charge in [-0.1, -0.05) is 30.7 Å². The number of nitrogens with one attached hydrogen (secondary N) is 1. The van der Waals surface area contributed by atoms with Gasteiger partial charge in [0.2, 0.25) is 5.91 Å². The molecule has 0 aliphatic carbocycles. The molecule has 2 atom stereocenters. The molecule has 5 nitrogen and oxygen atoms in total. The number of carbonyl (C=O) groups is 1. The quantitative estimate of drug-likeness (QED) is 0.806. The smallest absolute Gasteiger partial charge is 0.222 e. The summed E-state index contributed by atoms with van der Waals surface area (Å²) in [5.41, 5.74) is 1.01. The highest BCUT2D eigenvalue weighted by Crippen LogP contribution is 2.19. The van der Waals surface area contributed by atoms with Crippen molar-refractivity contribution < 1.29 is 13.2 Å². The summed E-state index contributed by atoms with van der Waals surface area (Å²) in [7, 11) is -3.53. The standard InChI is InChI=1S/C17H24N2O3S/c1-4-16(18-14-10-11-19(12-14)17(20)5-2)23(21,22)15-8-6-13(3)7-9-15/h4,6-9,14,16,18H,1,5,10-12H2,2-3H3. The largest absolute Gasteiger partial charge is 0.341 e. The van der Waals surface area contributed by atoms with Crippen LogP contribution in [-0.4, -0.2) is 43.7 Å². The number of amides is 1. The highest BCUT2D eigenvalue weighted by atomic mass is 32.2. The fourth-order valence-corrected chi connectivity index (χ4v) is 4.17. The second-order valence-corrected chi connectivity index (χ2v) is 7.93. The molecule has 1 N–H and O–H groups in total. The van der Waals surface area contributed by atoms with Gasteiger partial charge in [-0.05, 0) is 25.5 Å². The Morgan fingerprint density at radius 1 is 1.43 bits per heavy atom. The van der Waals surface area contributed by atoms with Crippen molar-refractivity contribution in [2.24, 2.45) is 0 Å². The average Bonchev–Trinajstić information content (AvgIpc) is 3.00. The van der Waals surface area contributed by atoms with Crippen LogP contribution in [0.5, 0.6) is 0 Å². The lowest BCUT2D eigenvalue weighted by molar-refractivity contribution is -0.129. The fraction of sp³-hybridized carbons (Fsp3) is 0.471. The van der Waals surface area contributed by atoms with Crippen molar-refractivity contribution in [2.45, 2.75) is 43.0 Å². The zero-order chi connectivity index (χ0) is 17.0. The Kier molecular flexibility index (Phi) is 5.59. The van der Waals surface area contributed by atoms with E-state index in [9.17, 15) is 13.2 Å². The minimum absolute atomic E-state index is 0.0336. The zero-order valence-electron chi connectivity index (χ0n) is 13.7. The molecule has 6 heteroatoms. The molecule has 1 aliphatic heterocycles. The number of nitrogens with zero attached hydrogens (tertiary/aromatic N) is 1. The normalized spacial score (nSPS) is 19.6. The van der Waals surface area contributed by atoms with Crippen LogP contribution in [-0.2, 0) is 14.6 Å². The number of sulfone groups is 1. The molecule has 0 aromatic heterocycles. The number of aryl methyl sites for hydroxylation is 1. The maximum Gasteiger partial charge on any atom is 0.222 e. The van der Waals surface area contributed by atoms with E-state index in [1.807, 2.05) is 13.8 Å². The Morgan fingerprint density at radius 3 is 2.65 bits per heavy atom. The molecule has 0 bridgehead atoms. The van der Waals surface area contributed by atoms with Gasteiger partial charge in [-0.2, -0.15) is 0 Å². The topological polar surface area (TPSA) is 66.5 Å². The van der Waals surface area contributed by atoms with Gasteiger partial charge in [0.05, 0.1) is 4.90 Å². The van der Waals surface area contributed by atoms with Gasteiger partial charge in [0.15, 0.2) is 9.84 Å². The third-order valence-electron chi connectivity index (χ3n) is 4.14. The summed E-state index contributed by atoms with van der Waals surface area (Å²) in [6.07, 6.45) is 2.64. The lowest BCUT2D eigenvalue weighted by Gasteiger charge is -2.21. The Balaban J connectivity index is 2.09. The maximum atomic E-state index is 12.7. The summed E-state index contributed by atoms with van der Waals surface area (Å²) >= 11 is 0. The van der Waals surface area contributed by atoms with Crippen molar-refractivity contribution in [1.82, 2.24) is 10.2 Å². The van der Waals surface area contributed by atoms with E-state index in [0.29, 0.717) is 19.5 Å². The van der Waals surface area contributed by atoms with Gasteiger partial charge in [-0.25, -0.2) is 8.42 Å². The number of hydrogen-bond donors (Lipinski definition) is 1. The van der Waals surface area contributed by atoms with Gasteiger partial charge in [0, 0.05) is 25.6 Å². The predicted octanol–water partition coefficient (Wildman–Crippen LogP) is 1.88. The molecule has 1 aromatic carbocycles. The number of benzene rings is 1. The van der Waals surface area contributed by atoms with Crippen molar-refractivity contribution >= 4 is 15.7 Å². The van der Waals surface area contributed by atoms with Crippen LogP contribution in [0.3, 0.4) is 0 Å². The second-order valence-electron chi connectivity index (χ2n) is 5.86. The van der Waals surface area contributed by atoms with E-state index in [1.54, 1.807) is 29.2 Å². The van der Waals surface area contributed by atoms with Crippen molar-refractivity contribution in [3.05, 3.63) is 42.5 Å². The number of rotatable bonds is 6. The molecule has 1 aromatic rings.